The van der Waals surface area contributed by atoms with Crippen LogP contribution < -0.4 is 0 Å². The number of nitrogens with zero attached hydrogens (tertiary/aromatic N) is 1. The maximum absolute atomic E-state index is 12.7. The average Bonchev–Trinajstić information content (AvgIpc) is 3.11. The molecule has 0 N–H and O–H groups in total. The van der Waals surface area contributed by atoms with Crippen molar-refractivity contribution in [3.63, 3.8) is 0 Å². The van der Waals surface area contributed by atoms with E-state index < -0.39 is 37.2 Å². The predicted molar refractivity (Wildman–Crippen MR) is 114 cm³/mol. The van der Waals surface area contributed by atoms with E-state index in [4.69, 9.17) is 4.74 Å². The van der Waals surface area contributed by atoms with Crippen LogP contribution in [-0.2, 0) is 15.1 Å². The third kappa shape index (κ3) is 3.72. The van der Waals surface area contributed by atoms with E-state index in [0.29, 0.717) is 14.4 Å². The van der Waals surface area contributed by atoms with Gasteiger partial charge < -0.3 is 0 Å². The van der Waals surface area contributed by atoms with Gasteiger partial charge in [0.2, 0.25) is 0 Å². The van der Waals surface area contributed by atoms with Crippen molar-refractivity contribution < 1.29 is 14.5 Å². The number of carbonyl (C=O) groups excluding carboxylic acids is 1. The predicted octanol–water partition coefficient (Wildman–Crippen LogP) is 4.62. The van der Waals surface area contributed by atoms with E-state index in [0.717, 1.165) is 0 Å². The van der Waals surface area contributed by atoms with Crippen LogP contribution in [0.4, 0.5) is 0 Å². The van der Waals surface area contributed by atoms with Gasteiger partial charge in [-0.1, -0.05) is 0 Å². The van der Waals surface area contributed by atoms with E-state index in [1.165, 1.54) is 5.56 Å². The van der Waals surface area contributed by atoms with Gasteiger partial charge in [0, 0.05) is 0 Å². The second kappa shape index (κ2) is 8.37. The number of halogens is 1. The molecule has 27 heavy (non-hydrogen) atoms. The number of hydrogen-bond acceptors (Lipinski definition) is 4. The van der Waals surface area contributed by atoms with Gasteiger partial charge in [-0.05, 0) is 0 Å². The second-order valence-electron chi connectivity index (χ2n) is 6.66. The summed E-state index contributed by atoms with van der Waals surface area (Å²) in [6, 6.07) is 19.1. The molecule has 1 aliphatic heterocycles. The molecule has 3 atom stereocenters. The summed E-state index contributed by atoms with van der Waals surface area (Å²) in [5.41, 5.74) is 0.451. The Labute approximate surface area is 166 Å². The summed E-state index contributed by atoms with van der Waals surface area (Å²) in [5.74, 6) is -1.15. The van der Waals surface area contributed by atoms with E-state index in [1.54, 1.807) is 31.2 Å². The van der Waals surface area contributed by atoms with Crippen LogP contribution in [0, 0.1) is 16.0 Å². The molecule has 0 bridgehead atoms. The Kier molecular flexibility index (Phi) is 6.14. The molecule has 2 aromatic rings. The normalized spacial score (nSPS) is 24.4. The summed E-state index contributed by atoms with van der Waals surface area (Å²) in [7, 11) is 0. The molecule has 5 nitrogen and oxygen atoms in total. The van der Waals surface area contributed by atoms with Crippen LogP contribution in [-0.4, -0.2) is 26.4 Å². The van der Waals surface area contributed by atoms with Crippen LogP contribution in [0.5, 0.6) is 0 Å². The number of hydrogen-bond donors (Lipinski definition) is 0. The first kappa shape index (κ1) is 19.8. The summed E-state index contributed by atoms with van der Waals surface area (Å²) in [4.78, 5) is 24.9. The Hall–Kier alpha value is -1.96. The van der Waals surface area contributed by atoms with Crippen LogP contribution in [0.3, 0.4) is 0 Å². The van der Waals surface area contributed by atoms with Crippen LogP contribution in [0.1, 0.15) is 28.9 Å². The number of ether oxygens (including phenoxy) is 1. The molecule has 1 saturated heterocycles. The summed E-state index contributed by atoms with van der Waals surface area (Å²) < 4.78 is 6.63. The van der Waals surface area contributed by atoms with Crippen LogP contribution in [0.15, 0.2) is 60.7 Å². The summed E-state index contributed by atoms with van der Waals surface area (Å²) in [5, 5.41) is 12.4. The molecule has 6 heteroatoms. The number of nitro groups is 1. The van der Waals surface area contributed by atoms with Crippen LogP contribution >= 0.6 is 19.8 Å². The van der Waals surface area contributed by atoms with Crippen molar-refractivity contribution in [2.24, 2.45) is 5.92 Å². The molecule has 0 spiro atoms. The minimum absolute atomic E-state index is 0.223. The molecule has 2 aromatic carbocycles. The number of carbonyl (C=O) groups is 1. The molecule has 0 aromatic heterocycles. The van der Waals surface area contributed by atoms with Crippen LogP contribution in [0.2, 0.25) is 0 Å². The first-order chi connectivity index (χ1) is 13.0. The van der Waals surface area contributed by atoms with Crippen molar-refractivity contribution in [2.75, 3.05) is 15.5 Å². The van der Waals surface area contributed by atoms with Gasteiger partial charge in [0.05, 0.1) is 0 Å². The van der Waals surface area contributed by atoms with Gasteiger partial charge in [0.25, 0.3) is 0 Å². The van der Waals surface area contributed by atoms with Crippen LogP contribution in [0.25, 0.3) is 0 Å². The number of rotatable bonds is 6. The molecular formula is C21H24INO4. The molecule has 1 aliphatic rings. The Morgan fingerprint density at radius 1 is 1.22 bits per heavy atom. The Bertz CT molecular complexity index is 798. The van der Waals surface area contributed by atoms with E-state index in [2.05, 4.69) is 19.1 Å². The molecule has 0 amide bonds. The maximum atomic E-state index is 12.7. The average molecular weight is 481 g/mol. The monoisotopic (exact) mass is 481 g/mol. The zero-order chi connectivity index (χ0) is 19.4. The first-order valence-electron chi connectivity index (χ1n) is 9.02. The zero-order valence-corrected chi connectivity index (χ0v) is 17.7. The SMILES string of the molecule is CCOC(=O)C1CI([C@H](C)c2ccccc2)CC1(c1ccccc1)[N+](=O)[O-]. The van der Waals surface area contributed by atoms with Crippen molar-refractivity contribution in [3.05, 3.63) is 81.9 Å². The molecule has 0 radical (unpaired) electrons. The molecule has 0 aliphatic carbocycles. The first-order valence-corrected chi connectivity index (χ1v) is 13.3. The van der Waals surface area contributed by atoms with Gasteiger partial charge in [0.1, 0.15) is 0 Å². The minimum atomic E-state index is -1.85. The number of alkyl halides is 3. The van der Waals surface area contributed by atoms with Gasteiger partial charge in [0.15, 0.2) is 0 Å². The van der Waals surface area contributed by atoms with E-state index in [-0.39, 0.29) is 15.5 Å². The molecule has 3 rings (SSSR count). The van der Waals surface area contributed by atoms with Crippen molar-refractivity contribution in [2.45, 2.75) is 23.3 Å². The third-order valence-corrected chi connectivity index (χ3v) is 12.7. The molecule has 1 fully saturated rings. The fraction of sp³-hybridized carbons (Fsp3) is 0.381. The van der Waals surface area contributed by atoms with Crippen molar-refractivity contribution in [1.29, 1.82) is 0 Å². The van der Waals surface area contributed by atoms with Gasteiger partial charge >= 0.3 is 167 Å². The van der Waals surface area contributed by atoms with Crippen molar-refractivity contribution in [1.82, 2.24) is 0 Å². The quantitative estimate of drug-likeness (QED) is 0.199. The molecular weight excluding hydrogens is 457 g/mol. The van der Waals surface area contributed by atoms with Gasteiger partial charge in [-0.2, -0.15) is 0 Å². The topological polar surface area (TPSA) is 69.4 Å². The number of benzene rings is 2. The Morgan fingerprint density at radius 2 is 1.81 bits per heavy atom. The fourth-order valence-corrected chi connectivity index (χ4v) is 11.8. The van der Waals surface area contributed by atoms with Gasteiger partial charge in [-0.15, -0.1) is 0 Å². The van der Waals surface area contributed by atoms with E-state index >= 15 is 0 Å². The second-order valence-corrected chi connectivity index (χ2v) is 13.0. The van der Waals surface area contributed by atoms with Gasteiger partial charge in [-0.25, -0.2) is 0 Å². The van der Waals surface area contributed by atoms with Crippen molar-refractivity contribution in [3.8, 4) is 0 Å². The summed E-state index contributed by atoms with van der Waals surface area (Å²) in [6.07, 6.45) is 0. The van der Waals surface area contributed by atoms with E-state index in [9.17, 15) is 14.9 Å². The Balaban J connectivity index is 2.03. The van der Waals surface area contributed by atoms with E-state index in [1.807, 2.05) is 24.3 Å². The van der Waals surface area contributed by atoms with Gasteiger partial charge in [-0.3, -0.25) is 0 Å². The summed E-state index contributed by atoms with van der Waals surface area (Å²) in [6.45, 7) is 4.13. The molecule has 2 unspecified atom stereocenters. The fourth-order valence-electron chi connectivity index (χ4n) is 3.67. The third-order valence-electron chi connectivity index (χ3n) is 5.20. The summed E-state index contributed by atoms with van der Waals surface area (Å²) >= 11 is -1.85. The number of esters is 1. The molecule has 1 heterocycles. The standard InChI is InChI=1S/C21H24INO4/c1-3-27-20(24)19-14-22(16(2)17-10-6-4-7-11-17)15-21(19,23(25)26)18-12-8-5-9-13-18/h4-13,16,19H,3,14-15H2,1-2H3/t16-,19?,21?/m1/s1. The van der Waals surface area contributed by atoms with Crippen molar-refractivity contribution >= 4 is 25.8 Å². The molecule has 144 valence electrons. The Morgan fingerprint density at radius 3 is 2.37 bits per heavy atom. The molecule has 0 saturated carbocycles. The zero-order valence-electron chi connectivity index (χ0n) is 15.5.